The number of nitrogens with zero attached hydrogens (tertiary/aromatic N) is 1. The van der Waals surface area contributed by atoms with E-state index in [1.165, 1.54) is 0 Å². The van der Waals surface area contributed by atoms with E-state index in [1.54, 1.807) is 11.0 Å². The van der Waals surface area contributed by atoms with Gasteiger partial charge in [0.05, 0.1) is 5.56 Å². The summed E-state index contributed by atoms with van der Waals surface area (Å²) in [5, 5.41) is 0. The van der Waals surface area contributed by atoms with Crippen molar-refractivity contribution in [2.75, 3.05) is 12.8 Å². The van der Waals surface area contributed by atoms with E-state index in [0.29, 0.717) is 17.2 Å². The summed E-state index contributed by atoms with van der Waals surface area (Å²) in [5.41, 5.74) is 8.00. The third kappa shape index (κ3) is 2.78. The zero-order valence-electron chi connectivity index (χ0n) is 11.3. The Kier molecular flexibility index (Phi) is 4.16. The Labute approximate surface area is 104 Å². The van der Waals surface area contributed by atoms with E-state index in [1.807, 2.05) is 26.1 Å². The van der Waals surface area contributed by atoms with Crippen LogP contribution in [0.5, 0.6) is 0 Å². The van der Waals surface area contributed by atoms with Crippen molar-refractivity contribution in [2.45, 2.75) is 33.7 Å². The van der Waals surface area contributed by atoms with Crippen LogP contribution in [0.25, 0.3) is 0 Å². The van der Waals surface area contributed by atoms with Crippen LogP contribution in [0.1, 0.15) is 36.7 Å². The van der Waals surface area contributed by atoms with Crippen molar-refractivity contribution in [3.05, 3.63) is 29.3 Å². The standard InChI is InChI=1S/C14H22N2O/c1-9(2)11(4)16(5)14(17)13-10(3)7-6-8-12(13)15/h6-9,11H,15H2,1-5H3. The highest BCUT2D eigenvalue weighted by atomic mass is 16.2. The number of nitrogens with two attached hydrogens (primary N) is 1. The summed E-state index contributed by atoms with van der Waals surface area (Å²) >= 11 is 0. The molecule has 3 heteroatoms. The van der Waals surface area contributed by atoms with Crippen molar-refractivity contribution in [3.8, 4) is 0 Å². The molecule has 1 amide bonds. The van der Waals surface area contributed by atoms with Gasteiger partial charge in [0.1, 0.15) is 0 Å². The van der Waals surface area contributed by atoms with Gasteiger partial charge < -0.3 is 10.6 Å². The zero-order valence-corrected chi connectivity index (χ0v) is 11.3. The van der Waals surface area contributed by atoms with Crippen LogP contribution >= 0.6 is 0 Å². The van der Waals surface area contributed by atoms with E-state index in [0.717, 1.165) is 5.56 Å². The van der Waals surface area contributed by atoms with Crippen LogP contribution in [0.4, 0.5) is 5.69 Å². The predicted molar refractivity (Wildman–Crippen MR) is 72.0 cm³/mol. The molecular formula is C14H22N2O. The summed E-state index contributed by atoms with van der Waals surface area (Å²) < 4.78 is 0. The van der Waals surface area contributed by atoms with Gasteiger partial charge in [-0.2, -0.15) is 0 Å². The van der Waals surface area contributed by atoms with E-state index >= 15 is 0 Å². The number of aryl methyl sites for hydroxylation is 1. The van der Waals surface area contributed by atoms with Crippen molar-refractivity contribution in [3.63, 3.8) is 0 Å². The lowest BCUT2D eigenvalue weighted by Crippen LogP contribution is -2.38. The third-order valence-corrected chi connectivity index (χ3v) is 3.41. The van der Waals surface area contributed by atoms with Gasteiger partial charge in [0.2, 0.25) is 0 Å². The number of anilines is 1. The van der Waals surface area contributed by atoms with Crippen molar-refractivity contribution in [1.82, 2.24) is 4.90 Å². The van der Waals surface area contributed by atoms with Crippen LogP contribution in [0.2, 0.25) is 0 Å². The Morgan fingerprint density at radius 3 is 2.35 bits per heavy atom. The second-order valence-electron chi connectivity index (χ2n) is 4.94. The molecule has 0 heterocycles. The minimum Gasteiger partial charge on any atom is -0.398 e. The van der Waals surface area contributed by atoms with Crippen LogP contribution < -0.4 is 5.73 Å². The highest BCUT2D eigenvalue weighted by Crippen LogP contribution is 2.20. The van der Waals surface area contributed by atoms with Crippen molar-refractivity contribution < 1.29 is 4.79 Å². The summed E-state index contributed by atoms with van der Waals surface area (Å²) in [6, 6.07) is 5.75. The van der Waals surface area contributed by atoms with Gasteiger partial charge in [-0.15, -0.1) is 0 Å². The van der Waals surface area contributed by atoms with Crippen molar-refractivity contribution >= 4 is 11.6 Å². The molecule has 2 N–H and O–H groups in total. The number of benzene rings is 1. The smallest absolute Gasteiger partial charge is 0.256 e. The molecule has 0 saturated carbocycles. The Morgan fingerprint density at radius 1 is 1.29 bits per heavy atom. The molecular weight excluding hydrogens is 212 g/mol. The Hall–Kier alpha value is -1.51. The molecule has 0 radical (unpaired) electrons. The van der Waals surface area contributed by atoms with Gasteiger partial charge in [-0.1, -0.05) is 26.0 Å². The Morgan fingerprint density at radius 2 is 1.88 bits per heavy atom. The predicted octanol–water partition coefficient (Wildman–Crippen LogP) is 2.69. The molecule has 0 aliphatic rings. The lowest BCUT2D eigenvalue weighted by atomic mass is 10.0. The SMILES string of the molecule is Cc1cccc(N)c1C(=O)N(C)C(C)C(C)C. The second kappa shape index (κ2) is 5.21. The summed E-state index contributed by atoms with van der Waals surface area (Å²) in [7, 11) is 1.83. The van der Waals surface area contributed by atoms with Crippen LogP contribution in [-0.2, 0) is 0 Å². The van der Waals surface area contributed by atoms with E-state index in [2.05, 4.69) is 20.8 Å². The number of rotatable bonds is 3. The first-order chi connectivity index (χ1) is 7.86. The number of amides is 1. The number of hydrogen-bond acceptors (Lipinski definition) is 2. The molecule has 0 bridgehead atoms. The third-order valence-electron chi connectivity index (χ3n) is 3.41. The second-order valence-corrected chi connectivity index (χ2v) is 4.94. The molecule has 94 valence electrons. The lowest BCUT2D eigenvalue weighted by Gasteiger charge is -2.29. The minimum atomic E-state index is 0.00167. The largest absolute Gasteiger partial charge is 0.398 e. The average Bonchev–Trinajstić information content (AvgIpc) is 2.26. The highest BCUT2D eigenvalue weighted by molar-refractivity contribution is 6.00. The first kappa shape index (κ1) is 13.6. The molecule has 0 aromatic heterocycles. The average molecular weight is 234 g/mol. The summed E-state index contributed by atoms with van der Waals surface area (Å²) in [4.78, 5) is 14.1. The summed E-state index contributed by atoms with van der Waals surface area (Å²) in [5.74, 6) is 0.427. The van der Waals surface area contributed by atoms with Crippen LogP contribution in [-0.4, -0.2) is 23.9 Å². The maximum Gasteiger partial charge on any atom is 0.256 e. The molecule has 0 fully saturated rings. The van der Waals surface area contributed by atoms with Gasteiger partial charge in [0.15, 0.2) is 0 Å². The maximum atomic E-state index is 12.4. The fourth-order valence-corrected chi connectivity index (χ4v) is 1.79. The van der Waals surface area contributed by atoms with Crippen molar-refractivity contribution in [1.29, 1.82) is 0 Å². The van der Waals surface area contributed by atoms with E-state index in [4.69, 9.17) is 5.73 Å². The van der Waals surface area contributed by atoms with Crippen molar-refractivity contribution in [2.24, 2.45) is 5.92 Å². The fraction of sp³-hybridized carbons (Fsp3) is 0.500. The van der Waals surface area contributed by atoms with Gasteiger partial charge in [0, 0.05) is 18.8 Å². The molecule has 1 aromatic carbocycles. The number of hydrogen-bond donors (Lipinski definition) is 1. The normalized spacial score (nSPS) is 12.6. The number of carbonyl (C=O) groups is 1. The van der Waals surface area contributed by atoms with Crippen LogP contribution in [0.3, 0.4) is 0 Å². The summed E-state index contributed by atoms with van der Waals surface area (Å²) in [6.45, 7) is 8.18. The zero-order chi connectivity index (χ0) is 13.2. The Balaban J connectivity index is 3.05. The first-order valence-corrected chi connectivity index (χ1v) is 5.98. The molecule has 3 nitrogen and oxygen atoms in total. The van der Waals surface area contributed by atoms with E-state index in [-0.39, 0.29) is 11.9 Å². The summed E-state index contributed by atoms with van der Waals surface area (Å²) in [6.07, 6.45) is 0. The molecule has 0 aliphatic carbocycles. The highest BCUT2D eigenvalue weighted by Gasteiger charge is 2.22. The monoisotopic (exact) mass is 234 g/mol. The van der Waals surface area contributed by atoms with Gasteiger partial charge in [-0.3, -0.25) is 4.79 Å². The molecule has 17 heavy (non-hydrogen) atoms. The van der Waals surface area contributed by atoms with Gasteiger partial charge >= 0.3 is 0 Å². The van der Waals surface area contributed by atoms with E-state index in [9.17, 15) is 4.79 Å². The topological polar surface area (TPSA) is 46.3 Å². The molecule has 1 aromatic rings. The van der Waals surface area contributed by atoms with Gasteiger partial charge in [-0.25, -0.2) is 0 Å². The first-order valence-electron chi connectivity index (χ1n) is 5.98. The lowest BCUT2D eigenvalue weighted by molar-refractivity contribution is 0.0707. The minimum absolute atomic E-state index is 0.00167. The number of nitrogen functional groups attached to an aromatic ring is 1. The fourth-order valence-electron chi connectivity index (χ4n) is 1.79. The van der Waals surface area contributed by atoms with Crippen LogP contribution in [0, 0.1) is 12.8 Å². The quantitative estimate of drug-likeness (QED) is 0.817. The van der Waals surface area contributed by atoms with Gasteiger partial charge in [-0.05, 0) is 31.4 Å². The molecule has 0 aliphatic heterocycles. The molecule has 1 unspecified atom stereocenters. The molecule has 1 rings (SSSR count). The molecule has 0 saturated heterocycles. The molecule has 1 atom stereocenters. The Bertz CT molecular complexity index is 392. The maximum absolute atomic E-state index is 12.4. The molecule has 0 spiro atoms. The van der Waals surface area contributed by atoms with Gasteiger partial charge in [0.25, 0.3) is 5.91 Å². The van der Waals surface area contributed by atoms with Crippen LogP contribution in [0.15, 0.2) is 18.2 Å². The number of carbonyl (C=O) groups excluding carboxylic acids is 1. The van der Waals surface area contributed by atoms with E-state index < -0.39 is 0 Å².